The Hall–Kier alpha value is -0.330. The highest BCUT2D eigenvalue weighted by Crippen LogP contribution is 2.40. The summed E-state index contributed by atoms with van der Waals surface area (Å²) in [5.74, 6) is -1.18. The van der Waals surface area contributed by atoms with Crippen LogP contribution in [0.3, 0.4) is 0 Å². The standard InChI is InChI=1S/C11H21F3N2O/c12-11(13,14)9-2-4-10(8-15,5-3-9)16-6-1-7-17/h9,16-17H,1-8,15H2. The minimum Gasteiger partial charge on any atom is -0.396 e. The Morgan fingerprint density at radius 1 is 1.29 bits per heavy atom. The van der Waals surface area contributed by atoms with E-state index < -0.39 is 12.1 Å². The summed E-state index contributed by atoms with van der Waals surface area (Å²) in [7, 11) is 0. The molecule has 1 saturated carbocycles. The molecule has 0 aromatic carbocycles. The Labute approximate surface area is 99.6 Å². The van der Waals surface area contributed by atoms with E-state index in [2.05, 4.69) is 5.32 Å². The van der Waals surface area contributed by atoms with Crippen molar-refractivity contribution >= 4 is 0 Å². The highest BCUT2D eigenvalue weighted by molar-refractivity contribution is 4.94. The van der Waals surface area contributed by atoms with Gasteiger partial charge < -0.3 is 16.2 Å². The van der Waals surface area contributed by atoms with Gasteiger partial charge in [-0.2, -0.15) is 13.2 Å². The molecule has 0 heterocycles. The van der Waals surface area contributed by atoms with Gasteiger partial charge in [-0.3, -0.25) is 0 Å². The molecule has 4 N–H and O–H groups in total. The summed E-state index contributed by atoms with van der Waals surface area (Å²) in [4.78, 5) is 0. The molecule has 1 aliphatic carbocycles. The lowest BCUT2D eigenvalue weighted by atomic mass is 9.76. The zero-order valence-electron chi connectivity index (χ0n) is 9.89. The van der Waals surface area contributed by atoms with Crippen molar-refractivity contribution in [3.63, 3.8) is 0 Å². The van der Waals surface area contributed by atoms with Gasteiger partial charge in [-0.15, -0.1) is 0 Å². The van der Waals surface area contributed by atoms with E-state index in [1.165, 1.54) is 0 Å². The predicted octanol–water partition coefficient (Wildman–Crippen LogP) is 1.41. The molecule has 3 nitrogen and oxygen atoms in total. The molecule has 17 heavy (non-hydrogen) atoms. The lowest BCUT2D eigenvalue weighted by Gasteiger charge is -2.40. The van der Waals surface area contributed by atoms with Gasteiger partial charge >= 0.3 is 6.18 Å². The van der Waals surface area contributed by atoms with Crippen LogP contribution >= 0.6 is 0 Å². The van der Waals surface area contributed by atoms with Gasteiger partial charge in [0.2, 0.25) is 0 Å². The third kappa shape index (κ3) is 4.12. The third-order valence-corrected chi connectivity index (χ3v) is 3.63. The highest BCUT2D eigenvalue weighted by atomic mass is 19.4. The molecule has 0 radical (unpaired) electrons. The number of hydrogen-bond acceptors (Lipinski definition) is 3. The van der Waals surface area contributed by atoms with Crippen LogP contribution in [-0.2, 0) is 0 Å². The second-order valence-corrected chi connectivity index (χ2v) is 4.80. The average molecular weight is 254 g/mol. The van der Waals surface area contributed by atoms with Crippen LogP contribution in [0.2, 0.25) is 0 Å². The summed E-state index contributed by atoms with van der Waals surface area (Å²) in [5, 5.41) is 11.9. The smallest absolute Gasteiger partial charge is 0.391 e. The minimum absolute atomic E-state index is 0.0822. The lowest BCUT2D eigenvalue weighted by Crippen LogP contribution is -2.54. The van der Waals surface area contributed by atoms with E-state index in [1.54, 1.807) is 0 Å². The van der Waals surface area contributed by atoms with Crippen molar-refractivity contribution in [2.45, 2.75) is 43.8 Å². The first-order valence-electron chi connectivity index (χ1n) is 6.06. The lowest BCUT2D eigenvalue weighted by molar-refractivity contribution is -0.185. The minimum atomic E-state index is -4.08. The van der Waals surface area contributed by atoms with Gasteiger partial charge in [0, 0.05) is 18.7 Å². The number of aliphatic hydroxyl groups is 1. The molecule has 0 aromatic rings. The highest BCUT2D eigenvalue weighted by Gasteiger charge is 2.45. The van der Waals surface area contributed by atoms with Gasteiger partial charge in [0.15, 0.2) is 0 Å². The van der Waals surface area contributed by atoms with E-state index in [1.807, 2.05) is 0 Å². The summed E-state index contributed by atoms with van der Waals surface area (Å²) >= 11 is 0. The first kappa shape index (κ1) is 14.7. The Balaban J connectivity index is 2.45. The van der Waals surface area contributed by atoms with Crippen LogP contribution < -0.4 is 11.1 Å². The zero-order chi connectivity index (χ0) is 12.9. The fourth-order valence-electron chi connectivity index (χ4n) is 2.38. The Morgan fingerprint density at radius 2 is 1.88 bits per heavy atom. The normalized spacial score (nSPS) is 30.5. The maximum atomic E-state index is 12.5. The fourth-order valence-corrected chi connectivity index (χ4v) is 2.38. The van der Waals surface area contributed by atoms with Crippen LogP contribution in [0.5, 0.6) is 0 Å². The molecule has 102 valence electrons. The molecule has 1 fully saturated rings. The SMILES string of the molecule is NCC1(NCCCO)CCC(C(F)(F)F)CC1. The summed E-state index contributed by atoms with van der Waals surface area (Å²) < 4.78 is 37.6. The van der Waals surface area contributed by atoms with Crippen molar-refractivity contribution < 1.29 is 18.3 Å². The molecule has 0 amide bonds. The van der Waals surface area contributed by atoms with Crippen molar-refractivity contribution in [3.8, 4) is 0 Å². The van der Waals surface area contributed by atoms with Crippen LogP contribution in [0.1, 0.15) is 32.1 Å². The van der Waals surface area contributed by atoms with E-state index in [4.69, 9.17) is 10.8 Å². The van der Waals surface area contributed by atoms with E-state index in [0.717, 1.165) is 0 Å². The number of hydrogen-bond donors (Lipinski definition) is 3. The second-order valence-electron chi connectivity index (χ2n) is 4.80. The molecule has 0 bridgehead atoms. The number of rotatable bonds is 5. The average Bonchev–Trinajstić information content (AvgIpc) is 2.29. The van der Waals surface area contributed by atoms with Crippen molar-refractivity contribution in [2.24, 2.45) is 11.7 Å². The van der Waals surface area contributed by atoms with Crippen molar-refractivity contribution in [2.75, 3.05) is 19.7 Å². The summed E-state index contributed by atoms with van der Waals surface area (Å²) in [5.41, 5.74) is 5.30. The van der Waals surface area contributed by atoms with Crippen molar-refractivity contribution in [1.82, 2.24) is 5.32 Å². The van der Waals surface area contributed by atoms with Crippen LogP contribution in [0.4, 0.5) is 13.2 Å². The van der Waals surface area contributed by atoms with Gasteiger partial charge in [-0.05, 0) is 38.6 Å². The summed E-state index contributed by atoms with van der Waals surface area (Å²) in [6.45, 7) is 1.03. The molecule has 6 heteroatoms. The number of nitrogens with one attached hydrogen (secondary N) is 1. The molecule has 0 aromatic heterocycles. The molecule has 1 aliphatic rings. The number of aliphatic hydroxyl groups excluding tert-OH is 1. The number of halogens is 3. The summed E-state index contributed by atoms with van der Waals surface area (Å²) in [6, 6.07) is 0. The van der Waals surface area contributed by atoms with Gasteiger partial charge in [-0.25, -0.2) is 0 Å². The Bertz CT molecular complexity index is 225. The van der Waals surface area contributed by atoms with E-state index in [-0.39, 0.29) is 25.0 Å². The van der Waals surface area contributed by atoms with E-state index >= 15 is 0 Å². The monoisotopic (exact) mass is 254 g/mol. The third-order valence-electron chi connectivity index (χ3n) is 3.63. The molecule has 0 atom stereocenters. The topological polar surface area (TPSA) is 58.3 Å². The van der Waals surface area contributed by atoms with Crippen molar-refractivity contribution in [3.05, 3.63) is 0 Å². The van der Waals surface area contributed by atoms with Gasteiger partial charge in [0.05, 0.1) is 5.92 Å². The van der Waals surface area contributed by atoms with Crippen LogP contribution in [0, 0.1) is 5.92 Å². The molecule has 0 saturated heterocycles. The van der Waals surface area contributed by atoms with Gasteiger partial charge in [0.25, 0.3) is 0 Å². The molecular weight excluding hydrogens is 233 g/mol. The maximum Gasteiger partial charge on any atom is 0.391 e. The van der Waals surface area contributed by atoms with E-state index in [0.29, 0.717) is 32.4 Å². The first-order valence-corrected chi connectivity index (χ1v) is 6.06. The van der Waals surface area contributed by atoms with Crippen LogP contribution in [0.25, 0.3) is 0 Å². The van der Waals surface area contributed by atoms with Crippen molar-refractivity contribution in [1.29, 1.82) is 0 Å². The Morgan fingerprint density at radius 3 is 2.29 bits per heavy atom. The second kappa shape index (κ2) is 6.02. The zero-order valence-corrected chi connectivity index (χ0v) is 9.89. The van der Waals surface area contributed by atoms with Crippen LogP contribution in [-0.4, -0.2) is 36.5 Å². The molecular formula is C11H21F3N2O. The summed E-state index contributed by atoms with van der Waals surface area (Å²) in [6.07, 6.45) is -2.27. The molecule has 0 aliphatic heterocycles. The predicted molar refractivity (Wildman–Crippen MR) is 59.5 cm³/mol. The Kier molecular flexibility index (Phi) is 5.22. The van der Waals surface area contributed by atoms with Gasteiger partial charge in [-0.1, -0.05) is 0 Å². The number of nitrogens with two attached hydrogens (primary N) is 1. The van der Waals surface area contributed by atoms with E-state index in [9.17, 15) is 13.2 Å². The maximum absolute atomic E-state index is 12.5. The largest absolute Gasteiger partial charge is 0.396 e. The van der Waals surface area contributed by atoms with Crippen LogP contribution in [0.15, 0.2) is 0 Å². The quantitative estimate of drug-likeness (QED) is 0.650. The first-order chi connectivity index (χ1) is 7.93. The molecule has 0 spiro atoms. The molecule has 0 unspecified atom stereocenters. The fraction of sp³-hybridized carbons (Fsp3) is 1.00. The van der Waals surface area contributed by atoms with Gasteiger partial charge in [0.1, 0.15) is 0 Å². The number of alkyl halides is 3. The molecule has 1 rings (SSSR count).